The van der Waals surface area contributed by atoms with Gasteiger partial charge in [0.15, 0.2) is 0 Å². The minimum Gasteiger partial charge on any atom is -0.481 e. The van der Waals surface area contributed by atoms with Crippen molar-refractivity contribution in [3.63, 3.8) is 0 Å². The van der Waals surface area contributed by atoms with Crippen LogP contribution < -0.4 is 5.73 Å². The molecule has 3 N–H and O–H groups in total. The molecule has 24 heavy (non-hydrogen) atoms. The van der Waals surface area contributed by atoms with Crippen LogP contribution in [-0.2, 0) is 17.6 Å². The van der Waals surface area contributed by atoms with Gasteiger partial charge in [-0.15, -0.1) is 0 Å². The molecule has 0 amide bonds. The van der Waals surface area contributed by atoms with E-state index in [1.165, 1.54) is 16.7 Å². The van der Waals surface area contributed by atoms with Gasteiger partial charge in [-0.1, -0.05) is 35.4 Å². The summed E-state index contributed by atoms with van der Waals surface area (Å²) in [6.07, 6.45) is 3.57. The third-order valence-corrected chi connectivity index (χ3v) is 4.71. The number of aromatic nitrogens is 1. The standard InChI is InChI=1S/C19H24N2O2S/c1-12-7-13(2)9-14(8-12)3-5-17(24)16(19(22)23)10-15-4-6-18(20)21-11-15/h4,6-9,11,16-17,24H,3,5,10H2,1-2H3,(H2,20,21)(H,22,23). The molecule has 2 aromatic rings. The third kappa shape index (κ3) is 5.27. The maximum absolute atomic E-state index is 11.6. The number of nitrogen functional groups attached to an aromatic ring is 1. The second-order valence-corrected chi connectivity index (χ2v) is 7.01. The second kappa shape index (κ2) is 8.20. The van der Waals surface area contributed by atoms with Crippen LogP contribution in [0.2, 0.25) is 0 Å². The first-order valence-corrected chi connectivity index (χ1v) is 8.55. The Morgan fingerprint density at radius 3 is 2.42 bits per heavy atom. The largest absolute Gasteiger partial charge is 0.481 e. The first-order chi connectivity index (χ1) is 11.3. The lowest BCUT2D eigenvalue weighted by molar-refractivity contribution is -0.141. The summed E-state index contributed by atoms with van der Waals surface area (Å²) >= 11 is 4.57. The molecule has 0 aliphatic heterocycles. The Hall–Kier alpha value is -2.01. The summed E-state index contributed by atoms with van der Waals surface area (Å²) < 4.78 is 0. The summed E-state index contributed by atoms with van der Waals surface area (Å²) in [5, 5.41) is 9.33. The topological polar surface area (TPSA) is 76.2 Å². The Kier molecular flexibility index (Phi) is 6.26. The predicted molar refractivity (Wildman–Crippen MR) is 100 cm³/mol. The van der Waals surface area contributed by atoms with E-state index in [4.69, 9.17) is 5.73 Å². The molecule has 4 nitrogen and oxygen atoms in total. The number of benzene rings is 1. The van der Waals surface area contributed by atoms with E-state index >= 15 is 0 Å². The fourth-order valence-electron chi connectivity index (χ4n) is 2.93. The van der Waals surface area contributed by atoms with Gasteiger partial charge >= 0.3 is 5.97 Å². The average Bonchev–Trinajstić information content (AvgIpc) is 2.51. The van der Waals surface area contributed by atoms with Gasteiger partial charge in [-0.2, -0.15) is 12.6 Å². The highest BCUT2D eigenvalue weighted by atomic mass is 32.1. The van der Waals surface area contributed by atoms with Crippen molar-refractivity contribution in [2.24, 2.45) is 5.92 Å². The Morgan fingerprint density at radius 1 is 1.21 bits per heavy atom. The number of pyridine rings is 1. The number of carbonyl (C=O) groups is 1. The van der Waals surface area contributed by atoms with Gasteiger partial charge in [0.1, 0.15) is 5.82 Å². The SMILES string of the molecule is Cc1cc(C)cc(CCC(S)C(Cc2ccc(N)nc2)C(=O)O)c1. The average molecular weight is 344 g/mol. The van der Waals surface area contributed by atoms with Crippen molar-refractivity contribution in [1.29, 1.82) is 0 Å². The van der Waals surface area contributed by atoms with E-state index in [1.54, 1.807) is 12.3 Å². The molecule has 128 valence electrons. The van der Waals surface area contributed by atoms with Gasteiger partial charge in [-0.3, -0.25) is 4.79 Å². The van der Waals surface area contributed by atoms with Gasteiger partial charge in [0, 0.05) is 11.4 Å². The minimum absolute atomic E-state index is 0.221. The molecule has 0 bridgehead atoms. The number of carboxylic acid groups (broad SMARTS) is 1. The zero-order chi connectivity index (χ0) is 17.7. The quantitative estimate of drug-likeness (QED) is 0.672. The molecule has 0 radical (unpaired) electrons. The van der Waals surface area contributed by atoms with Crippen LogP contribution in [0.3, 0.4) is 0 Å². The molecule has 2 unspecified atom stereocenters. The van der Waals surface area contributed by atoms with Crippen molar-refractivity contribution in [3.8, 4) is 0 Å². The summed E-state index contributed by atoms with van der Waals surface area (Å²) in [4.78, 5) is 15.7. The maximum Gasteiger partial charge on any atom is 0.307 e. The molecular formula is C19H24N2O2S. The summed E-state index contributed by atoms with van der Waals surface area (Å²) in [7, 11) is 0. The molecule has 0 saturated carbocycles. The molecule has 2 rings (SSSR count). The number of aliphatic carboxylic acids is 1. The number of rotatable bonds is 7. The molecule has 1 heterocycles. The smallest absolute Gasteiger partial charge is 0.307 e. The van der Waals surface area contributed by atoms with Crippen LogP contribution in [-0.4, -0.2) is 21.3 Å². The van der Waals surface area contributed by atoms with Crippen molar-refractivity contribution in [3.05, 3.63) is 58.8 Å². The Bertz CT molecular complexity index is 681. The van der Waals surface area contributed by atoms with Crippen molar-refractivity contribution in [1.82, 2.24) is 4.98 Å². The summed E-state index contributed by atoms with van der Waals surface area (Å²) in [5.74, 6) is -0.945. The van der Waals surface area contributed by atoms with Crippen LogP contribution in [0.15, 0.2) is 36.5 Å². The molecule has 2 atom stereocenters. The summed E-state index contributed by atoms with van der Waals surface area (Å²) in [6.45, 7) is 4.14. The van der Waals surface area contributed by atoms with E-state index in [-0.39, 0.29) is 5.25 Å². The van der Waals surface area contributed by atoms with Crippen LogP contribution >= 0.6 is 12.6 Å². The van der Waals surface area contributed by atoms with E-state index < -0.39 is 11.9 Å². The molecule has 0 aliphatic rings. The lowest BCUT2D eigenvalue weighted by atomic mass is 9.92. The normalized spacial score (nSPS) is 13.5. The third-order valence-electron chi connectivity index (χ3n) is 4.10. The highest BCUT2D eigenvalue weighted by Crippen LogP contribution is 2.22. The van der Waals surface area contributed by atoms with Crippen LogP contribution in [0.25, 0.3) is 0 Å². The van der Waals surface area contributed by atoms with Gasteiger partial charge in [0.05, 0.1) is 5.92 Å². The Balaban J connectivity index is 2.01. The molecule has 1 aromatic heterocycles. The Labute approximate surface area is 148 Å². The van der Waals surface area contributed by atoms with Crippen LogP contribution in [0, 0.1) is 19.8 Å². The first kappa shape index (κ1) is 18.3. The number of nitrogens with zero attached hydrogens (tertiary/aromatic N) is 1. The monoisotopic (exact) mass is 344 g/mol. The first-order valence-electron chi connectivity index (χ1n) is 8.03. The van der Waals surface area contributed by atoms with Crippen LogP contribution in [0.1, 0.15) is 28.7 Å². The zero-order valence-electron chi connectivity index (χ0n) is 14.1. The summed E-state index contributed by atoms with van der Waals surface area (Å²) in [5.41, 5.74) is 10.1. The second-order valence-electron chi connectivity index (χ2n) is 6.34. The van der Waals surface area contributed by atoms with Crippen molar-refractivity contribution < 1.29 is 9.90 Å². The zero-order valence-corrected chi connectivity index (χ0v) is 15.0. The number of hydrogen-bond donors (Lipinski definition) is 3. The number of hydrogen-bond acceptors (Lipinski definition) is 4. The van der Waals surface area contributed by atoms with Gasteiger partial charge in [-0.05, 0) is 50.3 Å². The Morgan fingerprint density at radius 2 is 1.88 bits per heavy atom. The van der Waals surface area contributed by atoms with Gasteiger partial charge in [0.25, 0.3) is 0 Å². The van der Waals surface area contributed by atoms with Gasteiger partial charge in [0.2, 0.25) is 0 Å². The molecule has 5 heteroatoms. The fraction of sp³-hybridized carbons (Fsp3) is 0.368. The van der Waals surface area contributed by atoms with E-state index in [0.29, 0.717) is 18.7 Å². The molecule has 0 fully saturated rings. The molecule has 1 aromatic carbocycles. The molecular weight excluding hydrogens is 320 g/mol. The van der Waals surface area contributed by atoms with Crippen molar-refractivity contribution in [2.75, 3.05) is 5.73 Å². The number of nitrogens with two attached hydrogens (primary N) is 1. The van der Waals surface area contributed by atoms with Gasteiger partial charge < -0.3 is 10.8 Å². The van der Waals surface area contributed by atoms with E-state index in [0.717, 1.165) is 12.0 Å². The highest BCUT2D eigenvalue weighted by Gasteiger charge is 2.25. The van der Waals surface area contributed by atoms with E-state index in [9.17, 15) is 9.90 Å². The van der Waals surface area contributed by atoms with Crippen LogP contribution in [0.4, 0.5) is 5.82 Å². The number of thiol groups is 1. The number of carboxylic acids is 1. The van der Waals surface area contributed by atoms with Crippen molar-refractivity contribution >= 4 is 24.4 Å². The summed E-state index contributed by atoms with van der Waals surface area (Å²) in [6, 6.07) is 9.94. The molecule has 0 saturated heterocycles. The molecule has 0 aliphatic carbocycles. The highest BCUT2D eigenvalue weighted by molar-refractivity contribution is 7.81. The van der Waals surface area contributed by atoms with E-state index in [1.807, 2.05) is 6.07 Å². The number of anilines is 1. The van der Waals surface area contributed by atoms with Crippen molar-refractivity contribution in [2.45, 2.75) is 38.4 Å². The maximum atomic E-state index is 11.6. The van der Waals surface area contributed by atoms with E-state index in [2.05, 4.69) is 49.7 Å². The number of aryl methyl sites for hydroxylation is 3. The molecule has 0 spiro atoms. The van der Waals surface area contributed by atoms with Crippen LogP contribution in [0.5, 0.6) is 0 Å². The fourth-order valence-corrected chi connectivity index (χ4v) is 3.29. The van der Waals surface area contributed by atoms with Gasteiger partial charge in [-0.25, -0.2) is 4.98 Å². The minimum atomic E-state index is -0.827. The lowest BCUT2D eigenvalue weighted by Crippen LogP contribution is -2.27. The predicted octanol–water partition coefficient (Wildman–Crippen LogP) is 3.46. The lowest BCUT2D eigenvalue weighted by Gasteiger charge is -2.19.